The van der Waals surface area contributed by atoms with Crippen LogP contribution in [0.2, 0.25) is 0 Å². The predicted octanol–water partition coefficient (Wildman–Crippen LogP) is 2.63. The molecule has 1 heterocycles. The fourth-order valence-corrected chi connectivity index (χ4v) is 2.65. The Kier molecular flexibility index (Phi) is 5.34. The highest BCUT2D eigenvalue weighted by Crippen LogP contribution is 2.28. The summed E-state index contributed by atoms with van der Waals surface area (Å²) in [6.07, 6.45) is 0.752. The van der Waals surface area contributed by atoms with E-state index in [1.165, 1.54) is 6.20 Å². The van der Waals surface area contributed by atoms with Gasteiger partial charge in [0.2, 0.25) is 0 Å². The molecule has 2 unspecified atom stereocenters. The first-order valence-electron chi connectivity index (χ1n) is 6.74. The number of hydrogen-bond acceptors (Lipinski definition) is 8. The van der Waals surface area contributed by atoms with Crippen LogP contribution in [0.3, 0.4) is 0 Å². The molecular formula is C13H17N5O3S. The Balaban J connectivity index is 1.97. The number of anilines is 1. The smallest absolute Gasteiger partial charge is 0.322 e. The highest BCUT2D eigenvalue weighted by molar-refractivity contribution is 8.03. The molecular weight excluding hydrogens is 306 g/mol. The van der Waals surface area contributed by atoms with Crippen molar-refractivity contribution >= 4 is 23.1 Å². The zero-order valence-electron chi connectivity index (χ0n) is 12.2. The van der Waals surface area contributed by atoms with Gasteiger partial charge in [0.15, 0.2) is 5.50 Å². The molecule has 1 aromatic carbocycles. The number of aliphatic hydroxyl groups is 1. The molecule has 1 aliphatic rings. The number of nitrogens with one attached hydrogen (secondary N) is 1. The van der Waals surface area contributed by atoms with Crippen LogP contribution in [0.25, 0.3) is 0 Å². The van der Waals surface area contributed by atoms with E-state index < -0.39 is 16.6 Å². The Hall–Kier alpha value is -2.13. The average Bonchev–Trinajstić information content (AvgIpc) is 2.96. The molecule has 0 amide bonds. The lowest BCUT2D eigenvalue weighted by Crippen LogP contribution is -2.32. The second-order valence-electron chi connectivity index (χ2n) is 4.53. The monoisotopic (exact) mass is 323 g/mol. The van der Waals surface area contributed by atoms with Gasteiger partial charge in [0, 0.05) is 24.0 Å². The molecule has 0 saturated heterocycles. The van der Waals surface area contributed by atoms with Gasteiger partial charge in [-0.25, -0.2) is 0 Å². The first kappa shape index (κ1) is 16.2. The van der Waals surface area contributed by atoms with E-state index in [4.69, 9.17) is 0 Å². The molecule has 118 valence electrons. The van der Waals surface area contributed by atoms with E-state index in [2.05, 4.69) is 15.5 Å². The number of rotatable bonds is 6. The number of nitro groups is 1. The van der Waals surface area contributed by atoms with Crippen molar-refractivity contribution in [3.05, 3.63) is 45.6 Å². The summed E-state index contributed by atoms with van der Waals surface area (Å²) in [5, 5.41) is 31.1. The summed E-state index contributed by atoms with van der Waals surface area (Å²) in [5.74, 6) is 0. The maximum absolute atomic E-state index is 10.6. The lowest BCUT2D eigenvalue weighted by atomic mass is 10.2. The van der Waals surface area contributed by atoms with Gasteiger partial charge in [0.05, 0.1) is 16.8 Å². The van der Waals surface area contributed by atoms with Crippen LogP contribution >= 0.6 is 11.8 Å². The lowest BCUT2D eigenvalue weighted by Gasteiger charge is -2.26. The molecule has 8 nitrogen and oxygen atoms in total. The Morgan fingerprint density at radius 2 is 2.18 bits per heavy atom. The number of azo groups is 1. The number of aliphatic hydroxyl groups excluding tert-OH is 1. The molecule has 9 heteroatoms. The van der Waals surface area contributed by atoms with Crippen molar-refractivity contribution in [2.24, 2.45) is 10.2 Å². The van der Waals surface area contributed by atoms with Crippen LogP contribution in [0.4, 0.5) is 11.4 Å². The van der Waals surface area contributed by atoms with Gasteiger partial charge in [-0.05, 0) is 38.1 Å². The summed E-state index contributed by atoms with van der Waals surface area (Å²) in [7, 11) is 0. The maximum Gasteiger partial charge on any atom is 0.322 e. The number of hydrogen-bond donors (Lipinski definition) is 2. The van der Waals surface area contributed by atoms with Crippen molar-refractivity contribution in [3.63, 3.8) is 0 Å². The number of nitrogens with zero attached hydrogens (tertiary/aromatic N) is 4. The van der Waals surface area contributed by atoms with Crippen molar-refractivity contribution in [2.45, 2.75) is 25.6 Å². The first-order chi connectivity index (χ1) is 10.5. The summed E-state index contributed by atoms with van der Waals surface area (Å²) in [6, 6.07) is 7.26. The molecule has 0 spiro atoms. The third-order valence-electron chi connectivity index (χ3n) is 3.01. The van der Waals surface area contributed by atoms with E-state index in [1.54, 1.807) is 19.1 Å². The van der Waals surface area contributed by atoms with Gasteiger partial charge in [-0.15, -0.1) is 0 Å². The quantitative estimate of drug-likeness (QED) is 0.361. The molecule has 0 fully saturated rings. The summed E-state index contributed by atoms with van der Waals surface area (Å²) in [6.45, 7) is 4.36. The lowest BCUT2D eigenvalue weighted by molar-refractivity contribution is -0.410. The minimum Gasteiger partial charge on any atom is -0.374 e. The third-order valence-corrected chi connectivity index (χ3v) is 3.97. The number of thioether (sulfide) groups is 1. The van der Waals surface area contributed by atoms with Crippen LogP contribution in [0.5, 0.6) is 0 Å². The standard InChI is InChI=1S/C13H17N5O3S/c1-3-17(9(2)19)11-6-4-10(5-7-11)15-16-13-14-8-12(22-13)18(20)21/h4-9,13-14,19H,3H2,1-2H3/b16-15+. The second-order valence-corrected chi connectivity index (χ2v) is 5.63. The highest BCUT2D eigenvalue weighted by Gasteiger charge is 2.25. The Bertz CT molecular complexity index is 588. The molecule has 2 N–H and O–H groups in total. The fraction of sp³-hybridized carbons (Fsp3) is 0.385. The van der Waals surface area contributed by atoms with E-state index >= 15 is 0 Å². The van der Waals surface area contributed by atoms with E-state index in [-0.39, 0.29) is 5.03 Å². The van der Waals surface area contributed by atoms with Crippen LogP contribution in [0.15, 0.2) is 45.7 Å². The van der Waals surface area contributed by atoms with Crippen molar-refractivity contribution in [1.29, 1.82) is 0 Å². The first-order valence-corrected chi connectivity index (χ1v) is 7.62. The van der Waals surface area contributed by atoms with Gasteiger partial charge in [-0.2, -0.15) is 10.2 Å². The predicted molar refractivity (Wildman–Crippen MR) is 85.3 cm³/mol. The Morgan fingerprint density at radius 3 is 2.68 bits per heavy atom. The highest BCUT2D eigenvalue weighted by atomic mass is 32.2. The maximum atomic E-state index is 10.6. The van der Waals surface area contributed by atoms with Crippen molar-refractivity contribution < 1.29 is 10.0 Å². The van der Waals surface area contributed by atoms with Crippen LogP contribution in [0, 0.1) is 10.1 Å². The zero-order chi connectivity index (χ0) is 16.1. The van der Waals surface area contributed by atoms with Gasteiger partial charge in [-0.3, -0.25) is 10.1 Å². The summed E-state index contributed by atoms with van der Waals surface area (Å²) in [4.78, 5) is 12.0. The molecule has 0 aliphatic carbocycles. The molecule has 0 radical (unpaired) electrons. The van der Waals surface area contributed by atoms with E-state index in [0.29, 0.717) is 12.2 Å². The molecule has 2 atom stereocenters. The minimum atomic E-state index is -0.566. The minimum absolute atomic E-state index is 0.0230. The van der Waals surface area contributed by atoms with Crippen LogP contribution < -0.4 is 10.2 Å². The Labute approximate surface area is 132 Å². The molecule has 2 rings (SSSR count). The fourth-order valence-electron chi connectivity index (χ4n) is 1.97. The van der Waals surface area contributed by atoms with Gasteiger partial charge in [-0.1, -0.05) is 0 Å². The SMILES string of the molecule is CCN(c1ccc(/N=N/C2NC=C([N+](=O)[O-])S2)cc1)C(C)O. The molecule has 0 bridgehead atoms. The molecule has 1 aromatic rings. The molecule has 0 aromatic heterocycles. The van der Waals surface area contributed by atoms with Gasteiger partial charge >= 0.3 is 5.03 Å². The summed E-state index contributed by atoms with van der Waals surface area (Å²) >= 11 is 1.00. The van der Waals surface area contributed by atoms with Gasteiger partial charge in [0.25, 0.3) is 0 Å². The average molecular weight is 323 g/mol. The number of benzene rings is 1. The Morgan fingerprint density at radius 1 is 1.50 bits per heavy atom. The topological polar surface area (TPSA) is 103 Å². The van der Waals surface area contributed by atoms with Gasteiger partial charge < -0.3 is 15.3 Å². The third kappa shape index (κ3) is 3.95. The summed E-state index contributed by atoms with van der Waals surface area (Å²) in [5.41, 5.74) is 1.05. The molecule has 1 aliphatic heterocycles. The van der Waals surface area contributed by atoms with Crippen LogP contribution in [0.1, 0.15) is 13.8 Å². The van der Waals surface area contributed by atoms with Gasteiger partial charge in [0.1, 0.15) is 6.23 Å². The summed E-state index contributed by atoms with van der Waals surface area (Å²) < 4.78 is 0. The second kappa shape index (κ2) is 7.23. The largest absolute Gasteiger partial charge is 0.374 e. The van der Waals surface area contributed by atoms with E-state index in [9.17, 15) is 15.2 Å². The van der Waals surface area contributed by atoms with Crippen molar-refractivity contribution in [2.75, 3.05) is 11.4 Å². The zero-order valence-corrected chi connectivity index (χ0v) is 13.0. The van der Waals surface area contributed by atoms with E-state index in [0.717, 1.165) is 17.4 Å². The van der Waals surface area contributed by atoms with Crippen LogP contribution in [-0.2, 0) is 0 Å². The normalized spacial score (nSPS) is 18.9. The van der Waals surface area contributed by atoms with E-state index in [1.807, 2.05) is 24.0 Å². The van der Waals surface area contributed by atoms with Crippen LogP contribution in [-0.4, -0.2) is 28.3 Å². The molecule has 22 heavy (non-hydrogen) atoms. The van der Waals surface area contributed by atoms with Crippen molar-refractivity contribution in [3.8, 4) is 0 Å². The molecule has 0 saturated carbocycles. The van der Waals surface area contributed by atoms with Crippen molar-refractivity contribution in [1.82, 2.24) is 5.32 Å².